The van der Waals surface area contributed by atoms with Gasteiger partial charge in [0.2, 0.25) is 0 Å². The number of nitrogens with zero attached hydrogens (tertiary/aromatic N) is 1. The van der Waals surface area contributed by atoms with Gasteiger partial charge in [-0.25, -0.2) is 0 Å². The molecule has 0 aromatic heterocycles. The highest BCUT2D eigenvalue weighted by molar-refractivity contribution is 6.05. The lowest BCUT2D eigenvalue weighted by molar-refractivity contribution is 0.102. The summed E-state index contributed by atoms with van der Waals surface area (Å²) >= 11 is 0. The number of amides is 1. The second kappa shape index (κ2) is 7.61. The van der Waals surface area contributed by atoms with Gasteiger partial charge in [-0.15, -0.1) is 0 Å². The first-order valence-corrected chi connectivity index (χ1v) is 7.42. The maximum Gasteiger partial charge on any atom is 0.255 e. The van der Waals surface area contributed by atoms with Gasteiger partial charge in [0.05, 0.1) is 0 Å². The largest absolute Gasteiger partial charge is 0.384 e. The second-order valence-corrected chi connectivity index (χ2v) is 5.58. The van der Waals surface area contributed by atoms with Crippen LogP contribution in [0.25, 0.3) is 0 Å². The minimum atomic E-state index is -0.0774. The van der Waals surface area contributed by atoms with Gasteiger partial charge in [0, 0.05) is 30.0 Å². The van der Waals surface area contributed by atoms with E-state index in [1.165, 1.54) is 0 Å². The standard InChI is InChI=1S/C18H23N3O/c1-14-6-4-5-7-17(14)18(22)20-16-10-8-15(9-11-16)19-12-13-21(2)3/h4-11,19H,12-13H2,1-3H3,(H,20,22). The highest BCUT2D eigenvalue weighted by Crippen LogP contribution is 2.15. The van der Waals surface area contributed by atoms with Crippen LogP contribution in [0.3, 0.4) is 0 Å². The first-order valence-electron chi connectivity index (χ1n) is 7.42. The Bertz CT molecular complexity index is 620. The first-order chi connectivity index (χ1) is 10.6. The molecule has 0 saturated heterocycles. The third-order valence-electron chi connectivity index (χ3n) is 3.42. The highest BCUT2D eigenvalue weighted by atomic mass is 16.1. The van der Waals surface area contributed by atoms with Crippen molar-refractivity contribution in [2.24, 2.45) is 0 Å². The molecule has 0 unspecified atom stereocenters. The summed E-state index contributed by atoms with van der Waals surface area (Å²) in [5, 5.41) is 6.27. The van der Waals surface area contributed by atoms with Crippen LogP contribution < -0.4 is 10.6 Å². The van der Waals surface area contributed by atoms with E-state index >= 15 is 0 Å². The minimum absolute atomic E-state index is 0.0774. The van der Waals surface area contributed by atoms with Crippen LogP contribution in [0.1, 0.15) is 15.9 Å². The molecule has 0 bridgehead atoms. The molecule has 0 saturated carbocycles. The summed E-state index contributed by atoms with van der Waals surface area (Å²) in [6.45, 7) is 3.81. The van der Waals surface area contributed by atoms with E-state index in [1.807, 2.05) is 69.6 Å². The number of aryl methyl sites for hydroxylation is 1. The molecule has 2 N–H and O–H groups in total. The number of rotatable bonds is 6. The summed E-state index contributed by atoms with van der Waals surface area (Å²) in [5.74, 6) is -0.0774. The van der Waals surface area contributed by atoms with Crippen LogP contribution >= 0.6 is 0 Å². The predicted molar refractivity (Wildman–Crippen MR) is 92.6 cm³/mol. The van der Waals surface area contributed by atoms with Crippen molar-refractivity contribution in [2.75, 3.05) is 37.8 Å². The van der Waals surface area contributed by atoms with Gasteiger partial charge in [-0.05, 0) is 56.9 Å². The van der Waals surface area contributed by atoms with E-state index in [0.29, 0.717) is 5.56 Å². The number of benzene rings is 2. The quantitative estimate of drug-likeness (QED) is 0.860. The van der Waals surface area contributed by atoms with E-state index in [2.05, 4.69) is 15.5 Å². The average Bonchev–Trinajstić information content (AvgIpc) is 2.49. The van der Waals surface area contributed by atoms with Crippen molar-refractivity contribution < 1.29 is 4.79 Å². The summed E-state index contributed by atoms with van der Waals surface area (Å²) < 4.78 is 0. The normalized spacial score (nSPS) is 10.5. The Hall–Kier alpha value is -2.33. The second-order valence-electron chi connectivity index (χ2n) is 5.58. The fraction of sp³-hybridized carbons (Fsp3) is 0.278. The Labute approximate surface area is 132 Å². The smallest absolute Gasteiger partial charge is 0.255 e. The topological polar surface area (TPSA) is 44.4 Å². The molecule has 0 radical (unpaired) electrons. The molecule has 1 amide bonds. The van der Waals surface area contributed by atoms with Gasteiger partial charge in [0.25, 0.3) is 5.91 Å². The summed E-state index contributed by atoms with van der Waals surface area (Å²) in [7, 11) is 4.09. The van der Waals surface area contributed by atoms with Gasteiger partial charge in [0.15, 0.2) is 0 Å². The molecule has 4 nitrogen and oxygen atoms in total. The molecule has 0 heterocycles. The fourth-order valence-corrected chi connectivity index (χ4v) is 2.12. The Morgan fingerprint density at radius 2 is 1.64 bits per heavy atom. The molecule has 0 aliphatic heterocycles. The van der Waals surface area contributed by atoms with Crippen LogP contribution in [0.2, 0.25) is 0 Å². The van der Waals surface area contributed by atoms with E-state index in [0.717, 1.165) is 30.0 Å². The van der Waals surface area contributed by atoms with Crippen LogP contribution in [-0.2, 0) is 0 Å². The maximum atomic E-state index is 12.2. The lowest BCUT2D eigenvalue weighted by atomic mass is 10.1. The van der Waals surface area contributed by atoms with Crippen LogP contribution in [0.5, 0.6) is 0 Å². The molecular weight excluding hydrogens is 274 g/mol. The third kappa shape index (κ3) is 4.60. The van der Waals surface area contributed by atoms with Crippen molar-refractivity contribution in [1.29, 1.82) is 0 Å². The molecule has 0 fully saturated rings. The van der Waals surface area contributed by atoms with Crippen LogP contribution in [0, 0.1) is 6.92 Å². The first kappa shape index (κ1) is 16.0. The molecule has 0 aliphatic carbocycles. The SMILES string of the molecule is Cc1ccccc1C(=O)Nc1ccc(NCCN(C)C)cc1. The zero-order valence-electron chi connectivity index (χ0n) is 13.4. The van der Waals surface area contributed by atoms with Gasteiger partial charge >= 0.3 is 0 Å². The number of likely N-dealkylation sites (N-methyl/N-ethyl adjacent to an activating group) is 1. The molecule has 4 heteroatoms. The van der Waals surface area contributed by atoms with Crippen molar-refractivity contribution in [3.63, 3.8) is 0 Å². The monoisotopic (exact) mass is 297 g/mol. The summed E-state index contributed by atoms with van der Waals surface area (Å²) in [5.41, 5.74) is 3.53. The van der Waals surface area contributed by atoms with Gasteiger partial charge in [-0.3, -0.25) is 4.79 Å². The van der Waals surface area contributed by atoms with E-state index < -0.39 is 0 Å². The summed E-state index contributed by atoms with van der Waals surface area (Å²) in [6.07, 6.45) is 0. The van der Waals surface area contributed by atoms with E-state index in [4.69, 9.17) is 0 Å². The van der Waals surface area contributed by atoms with Gasteiger partial charge in [-0.2, -0.15) is 0 Å². The number of nitrogens with one attached hydrogen (secondary N) is 2. The van der Waals surface area contributed by atoms with Crippen LogP contribution in [0.4, 0.5) is 11.4 Å². The number of carbonyl (C=O) groups excluding carboxylic acids is 1. The molecule has 2 rings (SSSR count). The average molecular weight is 297 g/mol. The number of hydrogen-bond donors (Lipinski definition) is 2. The molecule has 2 aromatic carbocycles. The number of anilines is 2. The molecule has 116 valence electrons. The third-order valence-corrected chi connectivity index (χ3v) is 3.42. The molecule has 0 atom stereocenters. The van der Waals surface area contributed by atoms with Gasteiger partial charge in [-0.1, -0.05) is 18.2 Å². The van der Waals surface area contributed by atoms with Gasteiger partial charge in [0.1, 0.15) is 0 Å². The lowest BCUT2D eigenvalue weighted by Crippen LogP contribution is -2.20. The Morgan fingerprint density at radius 3 is 2.27 bits per heavy atom. The minimum Gasteiger partial charge on any atom is -0.384 e. The van der Waals surface area contributed by atoms with Crippen molar-refractivity contribution >= 4 is 17.3 Å². The summed E-state index contributed by atoms with van der Waals surface area (Å²) in [6, 6.07) is 15.4. The zero-order valence-corrected chi connectivity index (χ0v) is 13.4. The number of hydrogen-bond acceptors (Lipinski definition) is 3. The molecule has 2 aromatic rings. The zero-order chi connectivity index (χ0) is 15.9. The molecular formula is C18H23N3O. The Morgan fingerprint density at radius 1 is 1.00 bits per heavy atom. The van der Waals surface area contributed by atoms with E-state index in [1.54, 1.807) is 0 Å². The lowest BCUT2D eigenvalue weighted by Gasteiger charge is -2.12. The fourth-order valence-electron chi connectivity index (χ4n) is 2.12. The van der Waals surface area contributed by atoms with Crippen molar-refractivity contribution in [2.45, 2.75) is 6.92 Å². The predicted octanol–water partition coefficient (Wildman–Crippen LogP) is 3.22. The Balaban J connectivity index is 1.94. The van der Waals surface area contributed by atoms with E-state index in [-0.39, 0.29) is 5.91 Å². The Kier molecular flexibility index (Phi) is 5.55. The molecule has 0 aliphatic rings. The maximum absolute atomic E-state index is 12.2. The van der Waals surface area contributed by atoms with Crippen molar-refractivity contribution in [1.82, 2.24) is 4.90 Å². The molecule has 0 spiro atoms. The van der Waals surface area contributed by atoms with Crippen molar-refractivity contribution in [3.8, 4) is 0 Å². The van der Waals surface area contributed by atoms with Crippen LogP contribution in [0.15, 0.2) is 48.5 Å². The molecule has 22 heavy (non-hydrogen) atoms. The van der Waals surface area contributed by atoms with E-state index in [9.17, 15) is 4.79 Å². The summed E-state index contributed by atoms with van der Waals surface area (Å²) in [4.78, 5) is 14.4. The van der Waals surface area contributed by atoms with Crippen molar-refractivity contribution in [3.05, 3.63) is 59.7 Å². The highest BCUT2D eigenvalue weighted by Gasteiger charge is 2.08. The van der Waals surface area contributed by atoms with Gasteiger partial charge < -0.3 is 15.5 Å². The van der Waals surface area contributed by atoms with Crippen LogP contribution in [-0.4, -0.2) is 38.0 Å². The number of carbonyl (C=O) groups is 1.